The van der Waals surface area contributed by atoms with Gasteiger partial charge in [-0.25, -0.2) is 0 Å². The van der Waals surface area contributed by atoms with Gasteiger partial charge < -0.3 is 15.2 Å². The maximum atomic E-state index is 10.8. The number of rotatable bonds is 1. The van der Waals surface area contributed by atoms with Crippen LogP contribution in [0.5, 0.6) is 0 Å². The van der Waals surface area contributed by atoms with Gasteiger partial charge in [0, 0.05) is 12.8 Å². The first-order valence-electron chi connectivity index (χ1n) is 4.83. The van der Waals surface area contributed by atoms with Crippen LogP contribution in [0.25, 0.3) is 0 Å². The van der Waals surface area contributed by atoms with Gasteiger partial charge in [0.05, 0.1) is 6.61 Å². The van der Waals surface area contributed by atoms with E-state index in [9.17, 15) is 4.79 Å². The van der Waals surface area contributed by atoms with Gasteiger partial charge in [0.1, 0.15) is 0 Å². The van der Waals surface area contributed by atoms with Crippen molar-refractivity contribution in [1.82, 2.24) is 0 Å². The zero-order valence-electron chi connectivity index (χ0n) is 7.62. The largest absolute Gasteiger partial charge is 0.367 e. The minimum absolute atomic E-state index is 0.329. The van der Waals surface area contributed by atoms with Crippen LogP contribution in [0.1, 0.15) is 32.1 Å². The fourth-order valence-corrected chi connectivity index (χ4v) is 2.05. The molecule has 1 heterocycles. The molecule has 13 heavy (non-hydrogen) atoms. The molecule has 2 fully saturated rings. The topological polar surface area (TPSA) is 61.6 Å². The fourth-order valence-electron chi connectivity index (χ4n) is 2.05. The molecule has 1 atom stereocenters. The standard InChI is InChI=1S/C9H15NO3/c10-8(11)7-6-12-9(13-7)4-2-1-3-5-9/h7H,1-6H2,(H2,10,11). The van der Waals surface area contributed by atoms with Crippen molar-refractivity contribution in [3.05, 3.63) is 0 Å². The summed E-state index contributed by atoms with van der Waals surface area (Å²) in [6, 6.07) is 0. The number of hydrogen-bond donors (Lipinski definition) is 1. The Kier molecular flexibility index (Phi) is 2.26. The summed E-state index contributed by atoms with van der Waals surface area (Å²) in [4.78, 5) is 10.8. The summed E-state index contributed by atoms with van der Waals surface area (Å²) in [5.41, 5.74) is 5.14. The van der Waals surface area contributed by atoms with E-state index >= 15 is 0 Å². The van der Waals surface area contributed by atoms with E-state index in [2.05, 4.69) is 0 Å². The van der Waals surface area contributed by atoms with Gasteiger partial charge in [0.15, 0.2) is 11.9 Å². The molecule has 2 N–H and O–H groups in total. The van der Waals surface area contributed by atoms with Gasteiger partial charge in [-0.1, -0.05) is 6.42 Å². The van der Waals surface area contributed by atoms with Gasteiger partial charge in [0.25, 0.3) is 0 Å². The third kappa shape index (κ3) is 1.69. The van der Waals surface area contributed by atoms with Crippen LogP contribution >= 0.6 is 0 Å². The van der Waals surface area contributed by atoms with E-state index in [0.717, 1.165) is 25.7 Å². The SMILES string of the molecule is NC(=O)C1COC2(CCCCC2)O1. The zero-order valence-corrected chi connectivity index (χ0v) is 7.62. The van der Waals surface area contributed by atoms with Gasteiger partial charge in [0.2, 0.25) is 5.91 Å². The molecule has 0 bridgehead atoms. The van der Waals surface area contributed by atoms with Crippen LogP contribution < -0.4 is 5.73 Å². The highest BCUT2D eigenvalue weighted by Crippen LogP contribution is 2.37. The first-order chi connectivity index (χ1) is 6.22. The summed E-state index contributed by atoms with van der Waals surface area (Å²) >= 11 is 0. The van der Waals surface area contributed by atoms with Crippen LogP contribution in [0, 0.1) is 0 Å². The second-order valence-corrected chi connectivity index (χ2v) is 3.79. The number of nitrogens with two attached hydrogens (primary N) is 1. The van der Waals surface area contributed by atoms with Crippen LogP contribution in [0.15, 0.2) is 0 Å². The summed E-state index contributed by atoms with van der Waals surface area (Å²) in [7, 11) is 0. The molecule has 4 heteroatoms. The minimum Gasteiger partial charge on any atom is -0.367 e. The Balaban J connectivity index is 1.98. The van der Waals surface area contributed by atoms with Crippen molar-refractivity contribution in [3.8, 4) is 0 Å². The van der Waals surface area contributed by atoms with Crippen molar-refractivity contribution in [2.45, 2.75) is 44.0 Å². The summed E-state index contributed by atoms with van der Waals surface area (Å²) in [5, 5.41) is 0. The molecular weight excluding hydrogens is 170 g/mol. The maximum absolute atomic E-state index is 10.8. The molecule has 1 aliphatic heterocycles. The van der Waals surface area contributed by atoms with Crippen molar-refractivity contribution in [3.63, 3.8) is 0 Å². The lowest BCUT2D eigenvalue weighted by atomic mass is 9.94. The lowest BCUT2D eigenvalue weighted by molar-refractivity contribution is -0.188. The van der Waals surface area contributed by atoms with E-state index < -0.39 is 17.8 Å². The molecule has 1 amide bonds. The molecule has 0 radical (unpaired) electrons. The van der Waals surface area contributed by atoms with E-state index in [1.807, 2.05) is 0 Å². The number of ether oxygens (including phenoxy) is 2. The third-order valence-corrected chi connectivity index (χ3v) is 2.79. The summed E-state index contributed by atoms with van der Waals surface area (Å²) in [6.07, 6.45) is 4.73. The van der Waals surface area contributed by atoms with Crippen molar-refractivity contribution >= 4 is 5.91 Å². The Bertz CT molecular complexity index is 211. The molecule has 1 saturated heterocycles. The number of carbonyl (C=O) groups is 1. The minimum atomic E-state index is -0.530. The summed E-state index contributed by atoms with van der Waals surface area (Å²) < 4.78 is 11.1. The molecule has 0 aromatic heterocycles. The van der Waals surface area contributed by atoms with E-state index in [4.69, 9.17) is 15.2 Å². The molecule has 74 valence electrons. The van der Waals surface area contributed by atoms with E-state index in [1.54, 1.807) is 0 Å². The number of carbonyl (C=O) groups excluding carboxylic acids is 1. The van der Waals surface area contributed by atoms with Crippen LogP contribution in [-0.2, 0) is 14.3 Å². The third-order valence-electron chi connectivity index (χ3n) is 2.79. The number of amides is 1. The molecule has 1 unspecified atom stereocenters. The van der Waals surface area contributed by atoms with Crippen molar-refractivity contribution in [2.75, 3.05) is 6.61 Å². The molecule has 0 aromatic carbocycles. The highest BCUT2D eigenvalue weighted by molar-refractivity contribution is 5.79. The Hall–Kier alpha value is -0.610. The average molecular weight is 185 g/mol. The first kappa shape index (κ1) is 8.97. The summed E-state index contributed by atoms with van der Waals surface area (Å²) in [5.74, 6) is -0.889. The fraction of sp³-hybridized carbons (Fsp3) is 0.889. The predicted octanol–water partition coefficient (Wildman–Crippen LogP) is 0.547. The van der Waals surface area contributed by atoms with Crippen LogP contribution in [0.3, 0.4) is 0 Å². The number of hydrogen-bond acceptors (Lipinski definition) is 3. The second kappa shape index (κ2) is 3.27. The lowest BCUT2D eigenvalue weighted by Crippen LogP contribution is -2.36. The van der Waals surface area contributed by atoms with Gasteiger partial charge >= 0.3 is 0 Å². The quantitative estimate of drug-likeness (QED) is 0.648. The molecule has 0 aromatic rings. The predicted molar refractivity (Wildman–Crippen MR) is 45.8 cm³/mol. The van der Waals surface area contributed by atoms with Gasteiger partial charge in [-0.3, -0.25) is 4.79 Å². The highest BCUT2D eigenvalue weighted by Gasteiger charge is 2.43. The van der Waals surface area contributed by atoms with Crippen molar-refractivity contribution in [1.29, 1.82) is 0 Å². The van der Waals surface area contributed by atoms with Gasteiger partial charge in [-0.15, -0.1) is 0 Å². The van der Waals surface area contributed by atoms with Gasteiger partial charge in [-0.05, 0) is 12.8 Å². The Labute approximate surface area is 77.4 Å². The molecule has 2 rings (SSSR count). The van der Waals surface area contributed by atoms with Gasteiger partial charge in [-0.2, -0.15) is 0 Å². The zero-order chi connectivity index (χ0) is 9.31. The first-order valence-corrected chi connectivity index (χ1v) is 4.83. The molecule has 2 aliphatic rings. The Morgan fingerprint density at radius 1 is 1.31 bits per heavy atom. The van der Waals surface area contributed by atoms with E-state index in [1.165, 1.54) is 6.42 Å². The van der Waals surface area contributed by atoms with Crippen molar-refractivity contribution in [2.24, 2.45) is 5.73 Å². The maximum Gasteiger partial charge on any atom is 0.249 e. The molecule has 1 aliphatic carbocycles. The van der Waals surface area contributed by atoms with Crippen LogP contribution in [0.4, 0.5) is 0 Å². The molecular formula is C9H15NO3. The normalized spacial score (nSPS) is 32.2. The lowest BCUT2D eigenvalue weighted by Gasteiger charge is -2.31. The van der Waals surface area contributed by atoms with Crippen molar-refractivity contribution < 1.29 is 14.3 Å². The monoisotopic (exact) mass is 185 g/mol. The Morgan fingerprint density at radius 3 is 2.54 bits per heavy atom. The second-order valence-electron chi connectivity index (χ2n) is 3.79. The van der Waals surface area contributed by atoms with E-state index in [0.29, 0.717) is 6.61 Å². The summed E-state index contributed by atoms with van der Waals surface area (Å²) in [6.45, 7) is 0.329. The van der Waals surface area contributed by atoms with Crippen LogP contribution in [0.2, 0.25) is 0 Å². The Morgan fingerprint density at radius 2 is 2.00 bits per heavy atom. The molecule has 4 nitrogen and oxygen atoms in total. The molecule has 1 saturated carbocycles. The van der Waals surface area contributed by atoms with Crippen LogP contribution in [-0.4, -0.2) is 24.4 Å². The number of primary amides is 1. The molecule has 1 spiro atoms. The average Bonchev–Trinajstić information content (AvgIpc) is 2.51. The highest BCUT2D eigenvalue weighted by atomic mass is 16.7. The van der Waals surface area contributed by atoms with E-state index in [-0.39, 0.29) is 0 Å². The smallest absolute Gasteiger partial charge is 0.249 e.